The zero-order valence-corrected chi connectivity index (χ0v) is 11.7. The van der Waals surface area contributed by atoms with Gasteiger partial charge in [-0.05, 0) is 17.7 Å². The molecular formula is C14H12ClF3N2O. The molecule has 0 saturated carbocycles. The van der Waals surface area contributed by atoms with Crippen molar-refractivity contribution in [2.45, 2.75) is 6.04 Å². The van der Waals surface area contributed by atoms with E-state index in [9.17, 15) is 13.2 Å². The highest BCUT2D eigenvalue weighted by atomic mass is 35.5. The summed E-state index contributed by atoms with van der Waals surface area (Å²) >= 11 is 5.90. The summed E-state index contributed by atoms with van der Waals surface area (Å²) in [7, 11) is 1.41. The van der Waals surface area contributed by atoms with E-state index in [0.717, 1.165) is 0 Å². The highest BCUT2D eigenvalue weighted by Gasteiger charge is 2.23. The Balaban J connectivity index is 2.55. The van der Waals surface area contributed by atoms with Crippen molar-refractivity contribution in [2.24, 2.45) is 5.84 Å². The molecule has 2 aromatic carbocycles. The molecule has 0 saturated heterocycles. The van der Waals surface area contributed by atoms with Crippen LogP contribution in [0.3, 0.4) is 0 Å². The van der Waals surface area contributed by atoms with E-state index in [1.165, 1.54) is 25.3 Å². The second-order valence-electron chi connectivity index (χ2n) is 4.28. The van der Waals surface area contributed by atoms with Gasteiger partial charge in [0.2, 0.25) is 0 Å². The fraction of sp³-hybridized carbons (Fsp3) is 0.143. The normalized spacial score (nSPS) is 12.3. The lowest BCUT2D eigenvalue weighted by Gasteiger charge is -2.19. The maximum Gasteiger partial charge on any atom is 0.137 e. The third-order valence-electron chi connectivity index (χ3n) is 3.01. The lowest BCUT2D eigenvalue weighted by molar-refractivity contribution is 0.413. The average molecular weight is 317 g/mol. The molecule has 0 aliphatic carbocycles. The van der Waals surface area contributed by atoms with Crippen molar-refractivity contribution in [3.8, 4) is 5.75 Å². The Hall–Kier alpha value is -1.76. The van der Waals surface area contributed by atoms with Gasteiger partial charge in [-0.25, -0.2) is 18.6 Å². The Kier molecular flexibility index (Phi) is 4.72. The number of methoxy groups -OCH3 is 1. The Morgan fingerprint density at radius 1 is 1.14 bits per heavy atom. The van der Waals surface area contributed by atoms with E-state index in [4.69, 9.17) is 22.2 Å². The summed E-state index contributed by atoms with van der Waals surface area (Å²) in [5.74, 6) is 2.65. The monoisotopic (exact) mass is 316 g/mol. The van der Waals surface area contributed by atoms with Crippen molar-refractivity contribution in [3.63, 3.8) is 0 Å². The molecule has 21 heavy (non-hydrogen) atoms. The van der Waals surface area contributed by atoms with Gasteiger partial charge in [0.05, 0.1) is 18.2 Å². The number of rotatable bonds is 4. The van der Waals surface area contributed by atoms with Crippen LogP contribution in [0, 0.1) is 17.5 Å². The molecule has 0 aromatic heterocycles. The van der Waals surface area contributed by atoms with Gasteiger partial charge < -0.3 is 4.74 Å². The number of ether oxygens (including phenoxy) is 1. The van der Waals surface area contributed by atoms with Crippen LogP contribution in [-0.4, -0.2) is 7.11 Å². The fourth-order valence-electron chi connectivity index (χ4n) is 2.03. The van der Waals surface area contributed by atoms with Gasteiger partial charge >= 0.3 is 0 Å². The van der Waals surface area contributed by atoms with Crippen LogP contribution in [0.5, 0.6) is 5.75 Å². The SMILES string of the molecule is COc1cc(C(NN)c2c(F)cc(F)cc2F)ccc1Cl. The van der Waals surface area contributed by atoms with Gasteiger partial charge in [0.15, 0.2) is 0 Å². The second kappa shape index (κ2) is 6.34. The summed E-state index contributed by atoms with van der Waals surface area (Å²) < 4.78 is 45.8. The summed E-state index contributed by atoms with van der Waals surface area (Å²) in [6.07, 6.45) is 0. The molecule has 0 aliphatic rings. The van der Waals surface area contributed by atoms with Crippen LogP contribution < -0.4 is 16.0 Å². The van der Waals surface area contributed by atoms with Crippen LogP contribution in [0.1, 0.15) is 17.2 Å². The van der Waals surface area contributed by atoms with Gasteiger partial charge in [-0.2, -0.15) is 0 Å². The lowest BCUT2D eigenvalue weighted by atomic mass is 9.98. The quantitative estimate of drug-likeness (QED) is 0.672. The van der Waals surface area contributed by atoms with Gasteiger partial charge in [0.25, 0.3) is 0 Å². The number of nitrogens with one attached hydrogen (secondary N) is 1. The first-order valence-corrected chi connectivity index (χ1v) is 6.29. The van der Waals surface area contributed by atoms with Gasteiger partial charge in [-0.3, -0.25) is 5.84 Å². The van der Waals surface area contributed by atoms with Gasteiger partial charge in [-0.15, -0.1) is 0 Å². The topological polar surface area (TPSA) is 47.3 Å². The predicted molar refractivity (Wildman–Crippen MR) is 73.5 cm³/mol. The molecule has 0 aliphatic heterocycles. The summed E-state index contributed by atoms with van der Waals surface area (Å²) in [5, 5.41) is 0.345. The van der Waals surface area contributed by atoms with Crippen molar-refractivity contribution >= 4 is 11.6 Å². The Morgan fingerprint density at radius 3 is 2.29 bits per heavy atom. The zero-order valence-electron chi connectivity index (χ0n) is 11.0. The molecular weight excluding hydrogens is 305 g/mol. The van der Waals surface area contributed by atoms with Crippen molar-refractivity contribution < 1.29 is 17.9 Å². The molecule has 1 unspecified atom stereocenters. The molecule has 0 amide bonds. The molecule has 0 radical (unpaired) electrons. The van der Waals surface area contributed by atoms with E-state index in [-0.39, 0.29) is 5.56 Å². The molecule has 0 fully saturated rings. The van der Waals surface area contributed by atoms with E-state index in [1.807, 2.05) is 0 Å². The lowest BCUT2D eigenvalue weighted by Crippen LogP contribution is -2.30. The number of benzene rings is 2. The Labute approximate surface area is 124 Å². The minimum absolute atomic E-state index is 0.331. The molecule has 3 N–H and O–H groups in total. The first-order chi connectivity index (χ1) is 9.97. The Morgan fingerprint density at radius 2 is 1.76 bits per heavy atom. The third kappa shape index (κ3) is 3.12. The summed E-state index contributed by atoms with van der Waals surface area (Å²) in [5.41, 5.74) is 2.34. The molecule has 1 atom stereocenters. The van der Waals surface area contributed by atoms with Crippen molar-refractivity contribution in [2.75, 3.05) is 7.11 Å². The van der Waals surface area contributed by atoms with Crippen LogP contribution in [0.2, 0.25) is 5.02 Å². The molecule has 0 spiro atoms. The molecule has 2 aromatic rings. The maximum absolute atomic E-state index is 13.9. The number of halogens is 4. The van der Waals surface area contributed by atoms with Crippen LogP contribution in [0.15, 0.2) is 30.3 Å². The largest absolute Gasteiger partial charge is 0.495 e. The molecule has 0 heterocycles. The van der Waals surface area contributed by atoms with E-state index >= 15 is 0 Å². The average Bonchev–Trinajstić information content (AvgIpc) is 2.43. The minimum Gasteiger partial charge on any atom is -0.495 e. The number of hydrogen-bond donors (Lipinski definition) is 2. The summed E-state index contributed by atoms with van der Waals surface area (Å²) in [4.78, 5) is 0. The first-order valence-electron chi connectivity index (χ1n) is 5.92. The molecule has 7 heteroatoms. The molecule has 3 nitrogen and oxygen atoms in total. The van der Waals surface area contributed by atoms with Gasteiger partial charge in [0, 0.05) is 17.7 Å². The molecule has 112 valence electrons. The molecule has 0 bridgehead atoms. The second-order valence-corrected chi connectivity index (χ2v) is 4.68. The van der Waals surface area contributed by atoms with Crippen molar-refractivity contribution in [1.82, 2.24) is 5.43 Å². The van der Waals surface area contributed by atoms with Crippen LogP contribution in [0.25, 0.3) is 0 Å². The van der Waals surface area contributed by atoms with Gasteiger partial charge in [-0.1, -0.05) is 17.7 Å². The minimum atomic E-state index is -1.04. The van der Waals surface area contributed by atoms with Crippen LogP contribution in [-0.2, 0) is 0 Å². The van der Waals surface area contributed by atoms with Crippen molar-refractivity contribution in [3.05, 3.63) is 63.9 Å². The standard InChI is InChI=1S/C14H12ClF3N2O/c1-21-12-4-7(2-3-9(12)15)14(20-19)13-10(17)5-8(16)6-11(13)18/h2-6,14,20H,19H2,1H3. The highest BCUT2D eigenvalue weighted by molar-refractivity contribution is 6.32. The third-order valence-corrected chi connectivity index (χ3v) is 3.32. The van der Waals surface area contributed by atoms with Gasteiger partial charge in [0.1, 0.15) is 23.2 Å². The fourth-order valence-corrected chi connectivity index (χ4v) is 2.23. The van der Waals surface area contributed by atoms with E-state index in [0.29, 0.717) is 28.5 Å². The molecule has 2 rings (SSSR count). The predicted octanol–water partition coefficient (Wildman–Crippen LogP) is 3.32. The van der Waals surface area contributed by atoms with E-state index in [1.54, 1.807) is 0 Å². The first kappa shape index (κ1) is 15.6. The maximum atomic E-state index is 13.9. The summed E-state index contributed by atoms with van der Waals surface area (Å²) in [6.45, 7) is 0. The zero-order chi connectivity index (χ0) is 15.6. The number of hydrogen-bond acceptors (Lipinski definition) is 3. The van der Waals surface area contributed by atoms with Crippen LogP contribution in [0.4, 0.5) is 13.2 Å². The van der Waals surface area contributed by atoms with Crippen LogP contribution >= 0.6 is 11.6 Å². The number of hydrazine groups is 1. The highest BCUT2D eigenvalue weighted by Crippen LogP contribution is 2.32. The summed E-state index contributed by atoms with van der Waals surface area (Å²) in [6, 6.07) is 4.72. The van der Waals surface area contributed by atoms with E-state index in [2.05, 4.69) is 5.43 Å². The smallest absolute Gasteiger partial charge is 0.137 e. The van der Waals surface area contributed by atoms with E-state index < -0.39 is 23.5 Å². The van der Waals surface area contributed by atoms with Crippen molar-refractivity contribution in [1.29, 1.82) is 0 Å². The number of nitrogens with two attached hydrogens (primary N) is 1. The Bertz CT molecular complexity index is 644.